The molecule has 6 heteroatoms. The number of fused-ring (bicyclic) bond motifs is 1. The largest absolute Gasteiger partial charge is 0.354 e. The van der Waals surface area contributed by atoms with Crippen LogP contribution in [0, 0.1) is 0 Å². The first kappa shape index (κ1) is 14.5. The maximum atomic E-state index is 12.2. The van der Waals surface area contributed by atoms with Crippen LogP contribution < -0.4 is 5.32 Å². The van der Waals surface area contributed by atoms with E-state index in [1.807, 2.05) is 12.1 Å². The van der Waals surface area contributed by atoms with Crippen molar-refractivity contribution in [1.29, 1.82) is 0 Å². The monoisotopic (exact) mass is 307 g/mol. The van der Waals surface area contributed by atoms with Gasteiger partial charge in [-0.3, -0.25) is 0 Å². The van der Waals surface area contributed by atoms with E-state index in [0.717, 1.165) is 38.0 Å². The van der Waals surface area contributed by atoms with Gasteiger partial charge in [-0.1, -0.05) is 19.1 Å². The molecule has 1 aromatic carbocycles. The van der Waals surface area contributed by atoms with E-state index in [0.29, 0.717) is 16.8 Å². The van der Waals surface area contributed by atoms with E-state index < -0.39 is 10.0 Å². The first-order valence-electron chi connectivity index (χ1n) is 7.54. The van der Waals surface area contributed by atoms with Gasteiger partial charge in [0.2, 0.25) is 0 Å². The lowest BCUT2D eigenvalue weighted by Crippen LogP contribution is -2.41. The fourth-order valence-electron chi connectivity index (χ4n) is 3.05. The van der Waals surface area contributed by atoms with E-state index in [2.05, 4.69) is 21.5 Å². The Morgan fingerprint density at radius 1 is 1.38 bits per heavy atom. The average Bonchev–Trinajstić information content (AvgIpc) is 3.06. The van der Waals surface area contributed by atoms with Crippen molar-refractivity contribution in [1.82, 2.24) is 10.2 Å². The fourth-order valence-corrected chi connectivity index (χ4v) is 4.28. The van der Waals surface area contributed by atoms with Crippen molar-refractivity contribution in [2.45, 2.75) is 37.1 Å². The Balaban J connectivity index is 1.92. The molecule has 114 valence electrons. The van der Waals surface area contributed by atoms with Crippen LogP contribution in [0.5, 0.6) is 0 Å². The minimum absolute atomic E-state index is 0.334. The molecule has 3 rings (SSSR count). The molecule has 0 radical (unpaired) electrons. The summed E-state index contributed by atoms with van der Waals surface area (Å²) in [7, 11) is -3.53. The summed E-state index contributed by atoms with van der Waals surface area (Å²) in [4.78, 5) is 2.45. The van der Waals surface area contributed by atoms with Gasteiger partial charge in [0.1, 0.15) is 4.90 Å². The Labute approximate surface area is 126 Å². The average molecular weight is 307 g/mol. The third kappa shape index (κ3) is 2.82. The highest BCUT2D eigenvalue weighted by Crippen LogP contribution is 2.27. The Morgan fingerprint density at radius 3 is 2.90 bits per heavy atom. The SMILES string of the molecule is CCCN(CC1CCCN1)C1=NS(=O)(=O)c2ccccc21. The van der Waals surface area contributed by atoms with E-state index in [1.54, 1.807) is 12.1 Å². The van der Waals surface area contributed by atoms with Crippen LogP contribution in [-0.4, -0.2) is 44.8 Å². The summed E-state index contributed by atoms with van der Waals surface area (Å²) in [6.45, 7) is 4.79. The summed E-state index contributed by atoms with van der Waals surface area (Å²) in [5.41, 5.74) is 0.740. The number of sulfonamides is 1. The fraction of sp³-hybridized carbons (Fsp3) is 0.533. The van der Waals surface area contributed by atoms with E-state index in [1.165, 1.54) is 6.42 Å². The quantitative estimate of drug-likeness (QED) is 0.918. The van der Waals surface area contributed by atoms with Crippen LogP contribution in [0.25, 0.3) is 0 Å². The molecule has 0 bridgehead atoms. The lowest BCUT2D eigenvalue weighted by atomic mass is 10.1. The van der Waals surface area contributed by atoms with Crippen molar-refractivity contribution in [2.24, 2.45) is 4.40 Å². The van der Waals surface area contributed by atoms with Gasteiger partial charge in [-0.05, 0) is 37.9 Å². The Bertz CT molecular complexity index is 649. The van der Waals surface area contributed by atoms with Gasteiger partial charge < -0.3 is 10.2 Å². The van der Waals surface area contributed by atoms with Crippen molar-refractivity contribution in [3.63, 3.8) is 0 Å². The second-order valence-corrected chi connectivity index (χ2v) is 7.20. The lowest BCUT2D eigenvalue weighted by molar-refractivity contribution is 0.369. The smallest absolute Gasteiger partial charge is 0.285 e. The molecule has 1 fully saturated rings. The maximum absolute atomic E-state index is 12.2. The number of rotatable bonds is 4. The van der Waals surface area contributed by atoms with Crippen LogP contribution in [0.15, 0.2) is 33.6 Å². The van der Waals surface area contributed by atoms with E-state index >= 15 is 0 Å². The second kappa shape index (κ2) is 5.77. The molecular weight excluding hydrogens is 286 g/mol. The Hall–Kier alpha value is -1.40. The standard InChI is InChI=1S/C15H21N3O2S/c1-2-10-18(11-12-6-5-9-16-12)15-13-7-3-4-8-14(13)21(19,20)17-15/h3-4,7-8,12,16H,2,5-6,9-11H2,1H3. The van der Waals surface area contributed by atoms with Crippen molar-refractivity contribution in [2.75, 3.05) is 19.6 Å². The molecule has 1 atom stereocenters. The Morgan fingerprint density at radius 2 is 2.19 bits per heavy atom. The zero-order valence-corrected chi connectivity index (χ0v) is 13.1. The summed E-state index contributed by atoms with van der Waals surface area (Å²) in [6.07, 6.45) is 3.29. The number of nitrogens with one attached hydrogen (secondary N) is 1. The molecule has 1 unspecified atom stereocenters. The third-order valence-electron chi connectivity index (χ3n) is 4.01. The second-order valence-electron chi connectivity index (χ2n) is 5.63. The van der Waals surface area contributed by atoms with Crippen molar-refractivity contribution < 1.29 is 8.42 Å². The van der Waals surface area contributed by atoms with Crippen molar-refractivity contribution in [3.05, 3.63) is 29.8 Å². The summed E-state index contributed by atoms with van der Waals surface area (Å²) < 4.78 is 28.4. The molecule has 2 heterocycles. The van der Waals surface area contributed by atoms with Crippen LogP contribution in [-0.2, 0) is 10.0 Å². The molecular formula is C15H21N3O2S. The van der Waals surface area contributed by atoms with E-state index in [9.17, 15) is 8.42 Å². The van der Waals surface area contributed by atoms with Crippen LogP contribution in [0.4, 0.5) is 0 Å². The zero-order valence-electron chi connectivity index (χ0n) is 12.2. The summed E-state index contributed by atoms with van der Waals surface area (Å²) in [5, 5.41) is 3.47. The van der Waals surface area contributed by atoms with Crippen LogP contribution in [0.3, 0.4) is 0 Å². The van der Waals surface area contributed by atoms with Crippen LogP contribution >= 0.6 is 0 Å². The molecule has 2 aliphatic heterocycles. The van der Waals surface area contributed by atoms with Gasteiger partial charge in [0.25, 0.3) is 10.0 Å². The molecule has 0 aliphatic carbocycles. The molecule has 0 saturated carbocycles. The summed E-state index contributed by atoms with van der Waals surface area (Å²) in [5.74, 6) is 0.612. The highest BCUT2D eigenvalue weighted by Gasteiger charge is 2.32. The van der Waals surface area contributed by atoms with Crippen molar-refractivity contribution >= 4 is 15.9 Å². The maximum Gasteiger partial charge on any atom is 0.285 e. The summed E-state index contributed by atoms with van der Waals surface area (Å²) in [6, 6.07) is 7.53. The topological polar surface area (TPSA) is 61.8 Å². The molecule has 1 aromatic rings. The predicted octanol–water partition coefficient (Wildman–Crippen LogP) is 1.60. The zero-order chi connectivity index (χ0) is 14.9. The molecule has 1 N–H and O–H groups in total. The Kier molecular flexibility index (Phi) is 3.99. The molecule has 0 amide bonds. The minimum atomic E-state index is -3.53. The third-order valence-corrected chi connectivity index (χ3v) is 5.33. The van der Waals surface area contributed by atoms with Gasteiger partial charge in [0, 0.05) is 24.7 Å². The number of nitrogens with zero attached hydrogens (tertiary/aromatic N) is 2. The van der Waals surface area contributed by atoms with Gasteiger partial charge >= 0.3 is 0 Å². The van der Waals surface area contributed by atoms with Gasteiger partial charge in [0.15, 0.2) is 5.84 Å². The first-order valence-corrected chi connectivity index (χ1v) is 8.98. The number of benzene rings is 1. The van der Waals surface area contributed by atoms with Gasteiger partial charge in [0.05, 0.1) is 0 Å². The highest BCUT2D eigenvalue weighted by molar-refractivity contribution is 7.90. The summed E-state index contributed by atoms with van der Waals surface area (Å²) >= 11 is 0. The van der Waals surface area contributed by atoms with Gasteiger partial charge in [-0.25, -0.2) is 0 Å². The lowest BCUT2D eigenvalue weighted by Gasteiger charge is -2.27. The highest BCUT2D eigenvalue weighted by atomic mass is 32.2. The van der Waals surface area contributed by atoms with Gasteiger partial charge in [-0.15, -0.1) is 4.40 Å². The first-order chi connectivity index (χ1) is 10.1. The number of hydrogen-bond acceptors (Lipinski definition) is 4. The minimum Gasteiger partial charge on any atom is -0.354 e. The normalized spacial score (nSPS) is 22.9. The van der Waals surface area contributed by atoms with Crippen LogP contribution in [0.2, 0.25) is 0 Å². The number of hydrogen-bond donors (Lipinski definition) is 1. The molecule has 21 heavy (non-hydrogen) atoms. The van der Waals surface area contributed by atoms with Gasteiger partial charge in [-0.2, -0.15) is 8.42 Å². The molecule has 0 spiro atoms. The molecule has 0 aromatic heterocycles. The molecule has 5 nitrogen and oxygen atoms in total. The van der Waals surface area contributed by atoms with Crippen LogP contribution in [0.1, 0.15) is 31.7 Å². The molecule has 1 saturated heterocycles. The van der Waals surface area contributed by atoms with E-state index in [-0.39, 0.29) is 0 Å². The van der Waals surface area contributed by atoms with E-state index in [4.69, 9.17) is 0 Å². The number of amidine groups is 1. The molecule has 2 aliphatic rings. The predicted molar refractivity (Wildman–Crippen MR) is 83.1 cm³/mol. The van der Waals surface area contributed by atoms with Crippen molar-refractivity contribution in [3.8, 4) is 0 Å².